The van der Waals surface area contributed by atoms with Gasteiger partial charge in [0.05, 0.1) is 11.4 Å². The molecule has 1 N–H and O–H groups in total. The molecule has 0 spiro atoms. The van der Waals surface area contributed by atoms with Crippen LogP contribution in [0.25, 0.3) is 0 Å². The van der Waals surface area contributed by atoms with E-state index >= 15 is 0 Å². The number of benzene rings is 2. The predicted octanol–water partition coefficient (Wildman–Crippen LogP) is 4.38. The molecule has 1 amide bonds. The van der Waals surface area contributed by atoms with Crippen LogP contribution in [-0.2, 0) is 22.9 Å². The van der Waals surface area contributed by atoms with Crippen LogP contribution in [-0.4, -0.2) is 26.1 Å². The summed E-state index contributed by atoms with van der Waals surface area (Å²) in [6.07, 6.45) is 3.98. The molecule has 0 aliphatic carbocycles. The second-order valence-electron chi connectivity index (χ2n) is 7.35. The molecule has 2 aromatic carbocycles. The Morgan fingerprint density at radius 1 is 1.14 bits per heavy atom. The van der Waals surface area contributed by atoms with Crippen LogP contribution in [0.4, 0.5) is 11.4 Å². The third-order valence-electron chi connectivity index (χ3n) is 5.19. The zero-order chi connectivity index (χ0) is 20.3. The van der Waals surface area contributed by atoms with Crippen LogP contribution in [0.5, 0.6) is 0 Å². The molecule has 0 fully saturated rings. The first-order chi connectivity index (χ1) is 13.4. The Balaban J connectivity index is 1.75. The lowest BCUT2D eigenvalue weighted by Crippen LogP contribution is -2.36. The molecule has 2 aromatic rings. The summed E-state index contributed by atoms with van der Waals surface area (Å²) in [7, 11) is -3.32. The Morgan fingerprint density at radius 2 is 1.86 bits per heavy atom. The van der Waals surface area contributed by atoms with Gasteiger partial charge in [0, 0.05) is 17.3 Å². The number of anilines is 2. The van der Waals surface area contributed by atoms with Gasteiger partial charge in [0.15, 0.2) is 0 Å². The van der Waals surface area contributed by atoms with Crippen molar-refractivity contribution in [3.8, 4) is 0 Å². The predicted molar refractivity (Wildman–Crippen MR) is 115 cm³/mol. The maximum Gasteiger partial charge on any atom is 0.255 e. The molecule has 1 heterocycles. The van der Waals surface area contributed by atoms with E-state index in [-0.39, 0.29) is 17.7 Å². The average Bonchev–Trinajstić information content (AvgIpc) is 3.03. The number of nitrogens with one attached hydrogen (secondary N) is 1. The molecule has 6 heteroatoms. The third kappa shape index (κ3) is 4.22. The fourth-order valence-corrected chi connectivity index (χ4v) is 5.02. The monoisotopic (exact) mass is 400 g/mol. The van der Waals surface area contributed by atoms with Gasteiger partial charge in [-0.2, -0.15) is 0 Å². The molecular formula is C22H28N2O3S. The second kappa shape index (κ2) is 8.35. The van der Waals surface area contributed by atoms with E-state index in [1.54, 1.807) is 19.1 Å². The first-order valence-electron chi connectivity index (χ1n) is 9.91. The van der Waals surface area contributed by atoms with E-state index < -0.39 is 10.0 Å². The Hall–Kier alpha value is -2.34. The highest BCUT2D eigenvalue weighted by molar-refractivity contribution is 7.92. The number of unbranched alkanes of at least 4 members (excludes halogenated alkanes) is 1. The molecule has 5 nitrogen and oxygen atoms in total. The smallest absolute Gasteiger partial charge is 0.255 e. The first kappa shape index (κ1) is 20.4. The van der Waals surface area contributed by atoms with Crippen molar-refractivity contribution in [2.45, 2.75) is 52.5 Å². The molecule has 1 aliphatic rings. The zero-order valence-electron chi connectivity index (χ0n) is 16.7. The largest absolute Gasteiger partial charge is 0.322 e. The van der Waals surface area contributed by atoms with Crippen molar-refractivity contribution < 1.29 is 13.2 Å². The molecule has 0 unspecified atom stereocenters. The Morgan fingerprint density at radius 3 is 2.50 bits per heavy atom. The average molecular weight is 401 g/mol. The number of aryl methyl sites for hydroxylation is 1. The zero-order valence-corrected chi connectivity index (χ0v) is 17.6. The molecule has 1 atom stereocenters. The topological polar surface area (TPSA) is 66.5 Å². The number of carbonyl (C=O) groups is 1. The highest BCUT2D eigenvalue weighted by Crippen LogP contribution is 2.35. The number of sulfonamides is 1. The normalized spacial score (nSPS) is 16.1. The highest BCUT2D eigenvalue weighted by atomic mass is 32.2. The number of nitrogens with zero attached hydrogens (tertiary/aromatic N) is 1. The summed E-state index contributed by atoms with van der Waals surface area (Å²) in [6.45, 7) is 5.71. The number of amides is 1. The van der Waals surface area contributed by atoms with Crippen molar-refractivity contribution >= 4 is 27.3 Å². The van der Waals surface area contributed by atoms with E-state index in [1.807, 2.05) is 37.3 Å². The summed E-state index contributed by atoms with van der Waals surface area (Å²) in [6, 6.07) is 13.1. The first-order valence-corrected chi connectivity index (χ1v) is 11.5. The minimum Gasteiger partial charge on any atom is -0.322 e. The summed E-state index contributed by atoms with van der Waals surface area (Å²) in [4.78, 5) is 12.6. The van der Waals surface area contributed by atoms with Crippen LogP contribution in [0.1, 0.15) is 55.1 Å². The van der Waals surface area contributed by atoms with Gasteiger partial charge < -0.3 is 5.32 Å². The van der Waals surface area contributed by atoms with E-state index in [0.717, 1.165) is 30.5 Å². The van der Waals surface area contributed by atoms with Crippen molar-refractivity contribution in [2.24, 2.45) is 0 Å². The van der Waals surface area contributed by atoms with Gasteiger partial charge in [-0.1, -0.05) is 25.5 Å². The van der Waals surface area contributed by atoms with Crippen LogP contribution in [0.2, 0.25) is 0 Å². The van der Waals surface area contributed by atoms with Gasteiger partial charge in [0.2, 0.25) is 10.0 Å². The molecule has 28 heavy (non-hydrogen) atoms. The van der Waals surface area contributed by atoms with Gasteiger partial charge in [0.1, 0.15) is 0 Å². The van der Waals surface area contributed by atoms with Gasteiger partial charge in [-0.25, -0.2) is 8.42 Å². The number of fused-ring (bicyclic) bond motifs is 1. The fraction of sp³-hybridized carbons (Fsp3) is 0.409. The van der Waals surface area contributed by atoms with Gasteiger partial charge in [0.25, 0.3) is 5.91 Å². The summed E-state index contributed by atoms with van der Waals surface area (Å²) in [5, 5.41) is 2.93. The van der Waals surface area contributed by atoms with Crippen molar-refractivity contribution in [1.82, 2.24) is 0 Å². The van der Waals surface area contributed by atoms with E-state index in [4.69, 9.17) is 0 Å². The summed E-state index contributed by atoms with van der Waals surface area (Å²) in [5.41, 5.74) is 4.15. The standard InChI is InChI=1S/C22H28N2O3S/c1-4-6-7-17-8-11-20(12-9-17)23-22(25)18-10-13-21-19(15-18)14-16(3)24(21)28(26,27)5-2/h8-13,15-16H,4-7,14H2,1-3H3,(H,23,25)/t16-/m1/s1. The number of rotatable bonds is 7. The van der Waals surface area contributed by atoms with Gasteiger partial charge >= 0.3 is 0 Å². The van der Waals surface area contributed by atoms with Crippen LogP contribution in [0, 0.1) is 0 Å². The SMILES string of the molecule is CCCCc1ccc(NC(=O)c2ccc3c(c2)C[C@@H](C)N3S(=O)(=O)CC)cc1. The quantitative estimate of drug-likeness (QED) is 0.750. The van der Waals surface area contributed by atoms with E-state index in [0.29, 0.717) is 17.7 Å². The van der Waals surface area contributed by atoms with Crippen LogP contribution in [0.3, 0.4) is 0 Å². The molecule has 150 valence electrons. The van der Waals surface area contributed by atoms with E-state index in [9.17, 15) is 13.2 Å². The summed E-state index contributed by atoms with van der Waals surface area (Å²) in [5.74, 6) is -0.124. The number of hydrogen-bond acceptors (Lipinski definition) is 3. The molecule has 0 bridgehead atoms. The minimum atomic E-state index is -3.32. The van der Waals surface area contributed by atoms with Crippen molar-refractivity contribution in [2.75, 3.05) is 15.4 Å². The minimum absolute atomic E-state index is 0.0628. The molecule has 0 aromatic heterocycles. The molecular weight excluding hydrogens is 372 g/mol. The van der Waals surface area contributed by atoms with E-state index in [1.165, 1.54) is 9.87 Å². The fourth-order valence-electron chi connectivity index (χ4n) is 3.65. The Bertz CT molecular complexity index is 952. The van der Waals surface area contributed by atoms with Gasteiger partial charge in [-0.05, 0) is 74.6 Å². The maximum absolute atomic E-state index is 12.6. The van der Waals surface area contributed by atoms with Gasteiger partial charge in [-0.3, -0.25) is 9.10 Å². The highest BCUT2D eigenvalue weighted by Gasteiger charge is 2.34. The lowest BCUT2D eigenvalue weighted by molar-refractivity contribution is 0.102. The lowest BCUT2D eigenvalue weighted by atomic mass is 10.1. The molecule has 3 rings (SSSR count). The summed E-state index contributed by atoms with van der Waals surface area (Å²) < 4.78 is 26.2. The molecule has 1 aliphatic heterocycles. The molecule has 0 saturated carbocycles. The maximum atomic E-state index is 12.6. The third-order valence-corrected chi connectivity index (χ3v) is 7.08. The van der Waals surface area contributed by atoms with E-state index in [2.05, 4.69) is 12.2 Å². The van der Waals surface area contributed by atoms with Crippen LogP contribution in [0.15, 0.2) is 42.5 Å². The summed E-state index contributed by atoms with van der Waals surface area (Å²) >= 11 is 0. The Kier molecular flexibility index (Phi) is 6.08. The van der Waals surface area contributed by atoms with Crippen molar-refractivity contribution in [3.63, 3.8) is 0 Å². The van der Waals surface area contributed by atoms with Crippen molar-refractivity contribution in [1.29, 1.82) is 0 Å². The number of carbonyl (C=O) groups excluding carboxylic acids is 1. The van der Waals surface area contributed by atoms with Gasteiger partial charge in [-0.15, -0.1) is 0 Å². The lowest BCUT2D eigenvalue weighted by Gasteiger charge is -2.23. The second-order valence-corrected chi connectivity index (χ2v) is 9.48. The van der Waals surface area contributed by atoms with Crippen LogP contribution < -0.4 is 9.62 Å². The Labute approximate surface area is 167 Å². The number of hydrogen-bond donors (Lipinski definition) is 1. The van der Waals surface area contributed by atoms with Crippen molar-refractivity contribution in [3.05, 3.63) is 59.2 Å². The molecule has 0 saturated heterocycles. The van der Waals surface area contributed by atoms with Crippen LogP contribution >= 0.6 is 0 Å². The molecule has 0 radical (unpaired) electrons.